The van der Waals surface area contributed by atoms with Gasteiger partial charge < -0.3 is 15.4 Å². The Morgan fingerprint density at radius 1 is 1.34 bits per heavy atom. The molecule has 0 bridgehead atoms. The van der Waals surface area contributed by atoms with Gasteiger partial charge in [0.1, 0.15) is 18.1 Å². The molecule has 2 N–H and O–H groups in total. The summed E-state index contributed by atoms with van der Waals surface area (Å²) in [6.45, 7) is 8.32. The van der Waals surface area contributed by atoms with Crippen molar-refractivity contribution in [2.75, 3.05) is 20.2 Å². The minimum atomic E-state index is -0.621. The maximum Gasteiger partial charge on any atom is 0.244 e. The summed E-state index contributed by atoms with van der Waals surface area (Å²) in [5.74, 6) is -0.223. The number of carbonyl (C=O) groups is 1. The summed E-state index contributed by atoms with van der Waals surface area (Å²) in [5, 5.41) is 4.58. The number of nitrogens with two attached hydrogens (primary N) is 1. The highest BCUT2D eigenvalue weighted by Crippen LogP contribution is 2.33. The lowest BCUT2D eigenvalue weighted by Crippen LogP contribution is -2.46. The summed E-state index contributed by atoms with van der Waals surface area (Å²) in [6.07, 6.45) is 5.18. The van der Waals surface area contributed by atoms with Crippen molar-refractivity contribution in [3.05, 3.63) is 60.0 Å². The molecule has 1 aliphatic rings. The fourth-order valence-electron chi connectivity index (χ4n) is 3.81. The molecular formula is C23H23FN6O2. The monoisotopic (exact) mass is 434 g/mol. The third-order valence-electron chi connectivity index (χ3n) is 5.47. The van der Waals surface area contributed by atoms with Crippen LogP contribution in [-0.4, -0.2) is 51.8 Å². The van der Waals surface area contributed by atoms with Gasteiger partial charge in [0, 0.05) is 54.3 Å². The number of nitrogens with zero attached hydrogens (tertiary/aromatic N) is 5. The molecule has 0 saturated carbocycles. The molecule has 4 rings (SSSR count). The Kier molecular flexibility index (Phi) is 6.14. The lowest BCUT2D eigenvalue weighted by atomic mass is 10.0. The highest BCUT2D eigenvalue weighted by molar-refractivity contribution is 5.82. The van der Waals surface area contributed by atoms with Crippen LogP contribution in [0.25, 0.3) is 27.2 Å². The lowest BCUT2D eigenvalue weighted by molar-refractivity contribution is -0.133. The van der Waals surface area contributed by atoms with E-state index in [4.69, 9.17) is 17.0 Å². The van der Waals surface area contributed by atoms with Crippen LogP contribution in [0.5, 0.6) is 5.88 Å². The van der Waals surface area contributed by atoms with Gasteiger partial charge in [0.05, 0.1) is 13.7 Å². The molecule has 3 aromatic rings. The number of pyridine rings is 1. The molecule has 0 spiro atoms. The van der Waals surface area contributed by atoms with E-state index >= 15 is 0 Å². The zero-order chi connectivity index (χ0) is 22.7. The average Bonchev–Trinajstić information content (AvgIpc) is 3.22. The molecule has 1 atom stereocenters. The van der Waals surface area contributed by atoms with Crippen LogP contribution in [0.3, 0.4) is 0 Å². The summed E-state index contributed by atoms with van der Waals surface area (Å²) in [6, 6.07) is 7.89. The van der Waals surface area contributed by atoms with Gasteiger partial charge in [-0.1, -0.05) is 12.1 Å². The number of ether oxygens (including phenoxy) is 1. The van der Waals surface area contributed by atoms with Gasteiger partial charge in [0.15, 0.2) is 0 Å². The van der Waals surface area contributed by atoms with Crippen LogP contribution in [0.15, 0.2) is 42.7 Å². The van der Waals surface area contributed by atoms with E-state index in [9.17, 15) is 9.18 Å². The van der Waals surface area contributed by atoms with Gasteiger partial charge >= 0.3 is 0 Å². The molecule has 32 heavy (non-hydrogen) atoms. The number of piperidine rings is 1. The molecule has 1 aromatic carbocycles. The summed E-state index contributed by atoms with van der Waals surface area (Å²) in [4.78, 5) is 22.0. The number of halogens is 1. The number of hydrogen-bond acceptors (Lipinski definition) is 5. The zero-order valence-corrected chi connectivity index (χ0v) is 17.7. The van der Waals surface area contributed by atoms with Gasteiger partial charge in [-0.05, 0) is 25.0 Å². The normalized spacial score (nSPS) is 15.9. The third kappa shape index (κ3) is 4.45. The highest BCUT2D eigenvalue weighted by atomic mass is 19.1. The Morgan fingerprint density at radius 3 is 2.81 bits per heavy atom. The predicted octanol–water partition coefficient (Wildman–Crippen LogP) is 3.26. The number of carbonyl (C=O) groups excluding carboxylic acids is 1. The molecule has 1 saturated heterocycles. The van der Waals surface area contributed by atoms with Crippen LogP contribution < -0.4 is 10.5 Å². The first-order valence-electron chi connectivity index (χ1n) is 10.3. The first kappa shape index (κ1) is 21.5. The van der Waals surface area contributed by atoms with E-state index in [-0.39, 0.29) is 24.2 Å². The third-order valence-corrected chi connectivity index (χ3v) is 5.47. The van der Waals surface area contributed by atoms with Crippen LogP contribution in [0.2, 0.25) is 0 Å². The highest BCUT2D eigenvalue weighted by Gasteiger charge is 2.23. The molecule has 164 valence electrons. The van der Waals surface area contributed by atoms with Crippen LogP contribution >= 0.6 is 0 Å². The topological polar surface area (TPSA) is 90.6 Å². The average molecular weight is 434 g/mol. The summed E-state index contributed by atoms with van der Waals surface area (Å²) in [5.41, 5.74) is 8.39. The fraction of sp³-hybridized carbons (Fsp3) is 0.304. The van der Waals surface area contributed by atoms with E-state index in [0.29, 0.717) is 35.8 Å². The van der Waals surface area contributed by atoms with Gasteiger partial charge in [-0.25, -0.2) is 14.2 Å². The molecule has 8 nitrogen and oxygen atoms in total. The standard InChI is InChI=1S/C23H23FN6O2/c1-26-20-7-5-15(10-19(20)24)23-18(16-6-8-21(32-2)27-11-16)13-30(28-23)14-22(31)29-9-3-4-17(25)12-29/h5-8,10-11,13,17H,3-4,9,12,14,25H2,2H3/t17-/m1/s1. The van der Waals surface area contributed by atoms with E-state index in [1.807, 2.05) is 6.07 Å². The predicted molar refractivity (Wildman–Crippen MR) is 117 cm³/mol. The number of rotatable bonds is 5. The molecule has 0 radical (unpaired) electrons. The number of methoxy groups -OCH3 is 1. The first-order chi connectivity index (χ1) is 15.5. The summed E-state index contributed by atoms with van der Waals surface area (Å²) in [7, 11) is 1.53. The SMILES string of the molecule is [C-]#[N+]c1ccc(-c2nn(CC(=O)N3CCC[C@@H](N)C3)cc2-c2ccc(OC)nc2)cc1F. The van der Waals surface area contributed by atoms with Crippen molar-refractivity contribution in [3.63, 3.8) is 0 Å². The van der Waals surface area contributed by atoms with Crippen molar-refractivity contribution < 1.29 is 13.9 Å². The Balaban J connectivity index is 1.70. The van der Waals surface area contributed by atoms with Gasteiger partial charge in [0.2, 0.25) is 17.5 Å². The fourth-order valence-corrected chi connectivity index (χ4v) is 3.81. The van der Waals surface area contributed by atoms with Crippen molar-refractivity contribution in [2.24, 2.45) is 5.73 Å². The van der Waals surface area contributed by atoms with E-state index in [2.05, 4.69) is 14.9 Å². The second-order valence-corrected chi connectivity index (χ2v) is 7.70. The molecule has 1 aliphatic heterocycles. The van der Waals surface area contributed by atoms with Crippen molar-refractivity contribution in [3.8, 4) is 28.3 Å². The number of aromatic nitrogens is 3. The second kappa shape index (κ2) is 9.16. The minimum absolute atomic E-state index is 0.00856. The van der Waals surface area contributed by atoms with Crippen molar-refractivity contribution >= 4 is 11.6 Å². The Labute approximate surface area is 185 Å². The molecule has 0 unspecified atom stereocenters. The quantitative estimate of drug-likeness (QED) is 0.623. The Hall–Kier alpha value is -3.77. The molecule has 1 amide bonds. The van der Waals surface area contributed by atoms with E-state index in [1.165, 1.54) is 19.2 Å². The van der Waals surface area contributed by atoms with Gasteiger partial charge in [-0.2, -0.15) is 5.10 Å². The summed E-state index contributed by atoms with van der Waals surface area (Å²) >= 11 is 0. The largest absolute Gasteiger partial charge is 0.481 e. The lowest BCUT2D eigenvalue weighted by Gasteiger charge is -2.30. The van der Waals surface area contributed by atoms with Crippen LogP contribution in [0, 0.1) is 12.4 Å². The maximum absolute atomic E-state index is 14.3. The van der Waals surface area contributed by atoms with Gasteiger partial charge in [-0.15, -0.1) is 0 Å². The van der Waals surface area contributed by atoms with Crippen LogP contribution in [0.4, 0.5) is 10.1 Å². The Morgan fingerprint density at radius 2 is 2.16 bits per heavy atom. The minimum Gasteiger partial charge on any atom is -0.481 e. The summed E-state index contributed by atoms with van der Waals surface area (Å²) < 4.78 is 21.0. The molecular weight excluding hydrogens is 411 g/mol. The van der Waals surface area contributed by atoms with Crippen LogP contribution in [0.1, 0.15) is 12.8 Å². The molecule has 1 fully saturated rings. The number of benzene rings is 1. The maximum atomic E-state index is 14.3. The second-order valence-electron chi connectivity index (χ2n) is 7.70. The smallest absolute Gasteiger partial charge is 0.244 e. The van der Waals surface area contributed by atoms with Crippen molar-refractivity contribution in [1.29, 1.82) is 0 Å². The number of hydrogen-bond donors (Lipinski definition) is 1. The Bertz CT molecular complexity index is 1170. The molecule has 2 aromatic heterocycles. The first-order valence-corrected chi connectivity index (χ1v) is 10.3. The van der Waals surface area contributed by atoms with E-state index < -0.39 is 5.82 Å². The molecule has 0 aliphatic carbocycles. The number of amides is 1. The van der Waals surface area contributed by atoms with Gasteiger partial charge in [0.25, 0.3) is 0 Å². The number of likely N-dealkylation sites (tertiary alicyclic amines) is 1. The van der Waals surface area contributed by atoms with Gasteiger partial charge in [-0.3, -0.25) is 9.48 Å². The van der Waals surface area contributed by atoms with Crippen molar-refractivity contribution in [2.45, 2.75) is 25.4 Å². The van der Waals surface area contributed by atoms with Crippen molar-refractivity contribution in [1.82, 2.24) is 19.7 Å². The van der Waals surface area contributed by atoms with Crippen LogP contribution in [-0.2, 0) is 11.3 Å². The molecule has 3 heterocycles. The molecule has 9 heteroatoms. The van der Waals surface area contributed by atoms with E-state index in [1.54, 1.807) is 34.1 Å². The van der Waals surface area contributed by atoms with E-state index in [0.717, 1.165) is 18.4 Å². The zero-order valence-electron chi connectivity index (χ0n) is 17.7.